The van der Waals surface area contributed by atoms with Gasteiger partial charge in [0.1, 0.15) is 6.61 Å². The van der Waals surface area contributed by atoms with E-state index in [-0.39, 0.29) is 6.09 Å². The van der Waals surface area contributed by atoms with Crippen LogP contribution in [0.15, 0.2) is 60.7 Å². The second kappa shape index (κ2) is 6.67. The van der Waals surface area contributed by atoms with Crippen LogP contribution in [0, 0.1) is 0 Å². The SMILES string of the molecule is O=C(OCc1ccccc1)N1CC=C(c2ccc(Cl)cc2)C1. The van der Waals surface area contributed by atoms with Gasteiger partial charge in [0.15, 0.2) is 0 Å². The normalized spacial score (nSPS) is 13.9. The molecule has 0 bridgehead atoms. The number of benzene rings is 2. The number of amides is 1. The highest BCUT2D eigenvalue weighted by Crippen LogP contribution is 2.23. The van der Waals surface area contributed by atoms with Crippen LogP contribution in [0.4, 0.5) is 4.79 Å². The maximum Gasteiger partial charge on any atom is 0.410 e. The third kappa shape index (κ3) is 3.49. The molecule has 4 heteroatoms. The van der Waals surface area contributed by atoms with Crippen LogP contribution in [0.25, 0.3) is 5.57 Å². The van der Waals surface area contributed by atoms with Crippen molar-refractivity contribution in [2.24, 2.45) is 0 Å². The first kappa shape index (κ1) is 14.7. The van der Waals surface area contributed by atoms with Gasteiger partial charge < -0.3 is 9.64 Å². The lowest BCUT2D eigenvalue weighted by molar-refractivity contribution is 0.106. The monoisotopic (exact) mass is 313 g/mol. The van der Waals surface area contributed by atoms with Crippen LogP contribution in [0.1, 0.15) is 11.1 Å². The van der Waals surface area contributed by atoms with Crippen molar-refractivity contribution in [3.05, 3.63) is 76.8 Å². The first-order valence-corrected chi connectivity index (χ1v) is 7.51. The summed E-state index contributed by atoms with van der Waals surface area (Å²) in [5, 5.41) is 0.710. The molecule has 112 valence electrons. The Morgan fingerprint density at radius 3 is 2.55 bits per heavy atom. The Balaban J connectivity index is 1.55. The fourth-order valence-corrected chi connectivity index (χ4v) is 2.50. The summed E-state index contributed by atoms with van der Waals surface area (Å²) < 4.78 is 5.35. The summed E-state index contributed by atoms with van der Waals surface area (Å²) in [6.07, 6.45) is 1.76. The average molecular weight is 314 g/mol. The van der Waals surface area contributed by atoms with Crippen molar-refractivity contribution in [1.29, 1.82) is 0 Å². The molecule has 0 N–H and O–H groups in total. The molecular formula is C18H16ClNO2. The zero-order chi connectivity index (χ0) is 15.4. The van der Waals surface area contributed by atoms with Crippen molar-refractivity contribution in [3.63, 3.8) is 0 Å². The standard InChI is InChI=1S/C18H16ClNO2/c19-17-8-6-15(7-9-17)16-10-11-20(12-16)18(21)22-13-14-4-2-1-3-5-14/h1-10H,11-13H2. The van der Waals surface area contributed by atoms with Gasteiger partial charge in [0.25, 0.3) is 0 Å². The number of ether oxygens (including phenoxy) is 1. The predicted molar refractivity (Wildman–Crippen MR) is 87.6 cm³/mol. The fourth-order valence-electron chi connectivity index (χ4n) is 2.38. The van der Waals surface area contributed by atoms with E-state index in [1.165, 1.54) is 0 Å². The Morgan fingerprint density at radius 1 is 1.09 bits per heavy atom. The molecule has 1 heterocycles. The van der Waals surface area contributed by atoms with Crippen molar-refractivity contribution in [2.75, 3.05) is 13.1 Å². The van der Waals surface area contributed by atoms with Gasteiger partial charge in [0.2, 0.25) is 0 Å². The van der Waals surface area contributed by atoms with Crippen LogP contribution in [-0.4, -0.2) is 24.1 Å². The average Bonchev–Trinajstić information content (AvgIpc) is 3.04. The molecule has 0 aliphatic carbocycles. The molecule has 1 aliphatic rings. The third-order valence-electron chi connectivity index (χ3n) is 3.60. The van der Waals surface area contributed by atoms with E-state index in [9.17, 15) is 4.79 Å². The molecule has 0 saturated heterocycles. The van der Waals surface area contributed by atoms with Crippen LogP contribution in [0.2, 0.25) is 5.02 Å². The van der Waals surface area contributed by atoms with Gasteiger partial charge in [-0.2, -0.15) is 0 Å². The van der Waals surface area contributed by atoms with Crippen LogP contribution < -0.4 is 0 Å². The lowest BCUT2D eigenvalue weighted by Gasteiger charge is -2.16. The van der Waals surface area contributed by atoms with Crippen LogP contribution in [-0.2, 0) is 11.3 Å². The Morgan fingerprint density at radius 2 is 1.82 bits per heavy atom. The first-order valence-electron chi connectivity index (χ1n) is 7.13. The summed E-state index contributed by atoms with van der Waals surface area (Å²) in [5.41, 5.74) is 3.19. The van der Waals surface area contributed by atoms with Gasteiger partial charge in [-0.15, -0.1) is 0 Å². The number of rotatable bonds is 3. The second-order valence-corrected chi connectivity index (χ2v) is 5.59. The summed E-state index contributed by atoms with van der Waals surface area (Å²) in [4.78, 5) is 13.8. The minimum Gasteiger partial charge on any atom is -0.445 e. The molecule has 0 radical (unpaired) electrons. The molecule has 22 heavy (non-hydrogen) atoms. The van der Waals surface area contributed by atoms with Gasteiger partial charge in [-0.25, -0.2) is 4.79 Å². The first-order chi connectivity index (χ1) is 10.7. The number of hydrogen-bond donors (Lipinski definition) is 0. The third-order valence-corrected chi connectivity index (χ3v) is 3.85. The van der Waals surface area contributed by atoms with E-state index < -0.39 is 0 Å². The maximum atomic E-state index is 12.1. The van der Waals surface area contributed by atoms with Crippen LogP contribution in [0.3, 0.4) is 0 Å². The largest absolute Gasteiger partial charge is 0.445 e. The molecule has 3 rings (SSSR count). The molecule has 0 spiro atoms. The van der Waals surface area contributed by atoms with Crippen molar-refractivity contribution >= 4 is 23.3 Å². The van der Waals surface area contributed by atoms with Crippen molar-refractivity contribution in [2.45, 2.75) is 6.61 Å². The molecular weight excluding hydrogens is 298 g/mol. The fraction of sp³-hybridized carbons (Fsp3) is 0.167. The summed E-state index contributed by atoms with van der Waals surface area (Å²) in [7, 11) is 0. The maximum absolute atomic E-state index is 12.1. The Labute approximate surface area is 134 Å². The predicted octanol–water partition coefficient (Wildman–Crippen LogP) is 4.38. The van der Waals surface area contributed by atoms with Crippen LogP contribution in [0.5, 0.6) is 0 Å². The minimum atomic E-state index is -0.288. The van der Waals surface area contributed by atoms with E-state index in [2.05, 4.69) is 0 Å². The van der Waals surface area contributed by atoms with E-state index >= 15 is 0 Å². The molecule has 0 fully saturated rings. The van der Waals surface area contributed by atoms with Crippen LogP contribution >= 0.6 is 11.6 Å². The van der Waals surface area contributed by atoms with E-state index in [1.807, 2.05) is 60.7 Å². The molecule has 2 aromatic rings. The molecule has 3 nitrogen and oxygen atoms in total. The highest BCUT2D eigenvalue weighted by molar-refractivity contribution is 6.30. The molecule has 1 amide bonds. The van der Waals surface area contributed by atoms with Gasteiger partial charge in [0, 0.05) is 18.1 Å². The molecule has 1 aliphatic heterocycles. The Bertz CT molecular complexity index is 680. The number of hydrogen-bond acceptors (Lipinski definition) is 2. The lowest BCUT2D eigenvalue weighted by atomic mass is 10.1. The van der Waals surface area contributed by atoms with E-state index in [1.54, 1.807) is 4.90 Å². The molecule has 0 atom stereocenters. The molecule has 0 aromatic heterocycles. The van der Waals surface area contributed by atoms with Gasteiger partial charge in [0.05, 0.1) is 0 Å². The Hall–Kier alpha value is -2.26. The number of nitrogens with zero attached hydrogens (tertiary/aromatic N) is 1. The quantitative estimate of drug-likeness (QED) is 0.841. The zero-order valence-electron chi connectivity index (χ0n) is 12.0. The second-order valence-electron chi connectivity index (χ2n) is 5.16. The summed E-state index contributed by atoms with van der Waals surface area (Å²) in [5.74, 6) is 0. The summed E-state index contributed by atoms with van der Waals surface area (Å²) in [6, 6.07) is 17.3. The van der Waals surface area contributed by atoms with Crippen molar-refractivity contribution in [3.8, 4) is 0 Å². The number of carbonyl (C=O) groups is 1. The number of carbonyl (C=O) groups excluding carboxylic acids is 1. The smallest absolute Gasteiger partial charge is 0.410 e. The highest BCUT2D eigenvalue weighted by Gasteiger charge is 2.21. The van der Waals surface area contributed by atoms with Gasteiger partial charge >= 0.3 is 6.09 Å². The van der Waals surface area contributed by atoms with Crippen molar-refractivity contribution in [1.82, 2.24) is 4.90 Å². The number of halogens is 1. The van der Waals surface area contributed by atoms with E-state index in [4.69, 9.17) is 16.3 Å². The van der Waals surface area contributed by atoms with Crippen molar-refractivity contribution < 1.29 is 9.53 Å². The van der Waals surface area contributed by atoms with Gasteiger partial charge in [-0.1, -0.05) is 60.1 Å². The molecule has 2 aromatic carbocycles. The van der Waals surface area contributed by atoms with Gasteiger partial charge in [-0.3, -0.25) is 0 Å². The van der Waals surface area contributed by atoms with Gasteiger partial charge in [-0.05, 0) is 28.8 Å². The Kier molecular flexibility index (Phi) is 4.45. The molecule has 0 unspecified atom stereocenters. The summed E-state index contributed by atoms with van der Waals surface area (Å²) in [6.45, 7) is 1.44. The zero-order valence-corrected chi connectivity index (χ0v) is 12.8. The highest BCUT2D eigenvalue weighted by atomic mass is 35.5. The van der Waals surface area contributed by atoms with E-state index in [0.717, 1.165) is 16.7 Å². The molecule has 0 saturated carbocycles. The summed E-state index contributed by atoms with van der Waals surface area (Å²) >= 11 is 5.89. The lowest BCUT2D eigenvalue weighted by Crippen LogP contribution is -2.29. The minimum absolute atomic E-state index is 0.288. The topological polar surface area (TPSA) is 29.5 Å². The van der Waals surface area contributed by atoms with E-state index in [0.29, 0.717) is 24.7 Å².